The van der Waals surface area contributed by atoms with E-state index in [0.717, 1.165) is 16.4 Å². The lowest BCUT2D eigenvalue weighted by Gasteiger charge is -2.30. The number of nitro benzene ring substituents is 1. The monoisotopic (exact) mass is 360 g/mol. The number of sulfonamides is 1. The number of benzene rings is 1. The third-order valence-electron chi connectivity index (χ3n) is 3.76. The highest BCUT2D eigenvalue weighted by atomic mass is 32.2. The number of carbonyl (C=O) groups excluding carboxylic acids is 1. The maximum Gasteiger partial charge on any atom is 0.310 e. The van der Waals surface area contributed by atoms with Gasteiger partial charge in [-0.05, 0) is 31.9 Å². The third kappa shape index (κ3) is 3.70. The Morgan fingerprint density at radius 2 is 2.21 bits per heavy atom. The molecule has 1 fully saturated rings. The van der Waals surface area contributed by atoms with Gasteiger partial charge >= 0.3 is 11.7 Å². The fourth-order valence-corrected chi connectivity index (χ4v) is 4.10. The van der Waals surface area contributed by atoms with Gasteiger partial charge in [-0.25, -0.2) is 8.42 Å². The van der Waals surface area contributed by atoms with Crippen molar-refractivity contribution in [3.8, 4) is 0 Å². The maximum atomic E-state index is 13.4. The Bertz CT molecular complexity index is 752. The Kier molecular flexibility index (Phi) is 5.50. The SMILES string of the molecule is CCOC(=O)[C@H]1CCCN(S(=O)(=O)c2ccc(F)c([N+](=O)[O-])c2)C1. The molecular formula is C14H17FN2O6S. The average molecular weight is 360 g/mol. The zero-order valence-corrected chi connectivity index (χ0v) is 13.8. The third-order valence-corrected chi connectivity index (χ3v) is 5.62. The van der Waals surface area contributed by atoms with E-state index in [9.17, 15) is 27.7 Å². The predicted molar refractivity (Wildman–Crippen MR) is 81.2 cm³/mol. The Labute approximate surface area is 138 Å². The number of halogens is 1. The van der Waals surface area contributed by atoms with Gasteiger partial charge in [0.15, 0.2) is 0 Å². The smallest absolute Gasteiger partial charge is 0.310 e. The topological polar surface area (TPSA) is 107 Å². The summed E-state index contributed by atoms with van der Waals surface area (Å²) in [6, 6.07) is 2.42. The molecule has 1 heterocycles. The van der Waals surface area contributed by atoms with Gasteiger partial charge in [-0.15, -0.1) is 0 Å². The van der Waals surface area contributed by atoms with Gasteiger partial charge in [0.25, 0.3) is 0 Å². The molecule has 10 heteroatoms. The molecule has 0 unspecified atom stereocenters. The number of piperidine rings is 1. The number of esters is 1. The lowest BCUT2D eigenvalue weighted by Crippen LogP contribution is -2.42. The van der Waals surface area contributed by atoms with Gasteiger partial charge in [0.1, 0.15) is 0 Å². The zero-order valence-electron chi connectivity index (χ0n) is 13.0. The molecule has 2 rings (SSSR count). The highest BCUT2D eigenvalue weighted by Gasteiger charge is 2.35. The van der Waals surface area contributed by atoms with Crippen LogP contribution in [0.15, 0.2) is 23.1 Å². The van der Waals surface area contributed by atoms with Gasteiger partial charge < -0.3 is 4.74 Å². The van der Waals surface area contributed by atoms with Crippen molar-refractivity contribution < 1.29 is 27.3 Å². The number of ether oxygens (including phenoxy) is 1. The molecule has 0 bridgehead atoms. The van der Waals surface area contributed by atoms with Gasteiger partial charge in [0.05, 0.1) is 22.3 Å². The number of nitrogens with zero attached hydrogens (tertiary/aromatic N) is 2. The fourth-order valence-electron chi connectivity index (χ4n) is 2.56. The highest BCUT2D eigenvalue weighted by Crippen LogP contribution is 2.27. The summed E-state index contributed by atoms with van der Waals surface area (Å²) in [5.74, 6) is -2.16. The molecule has 0 N–H and O–H groups in total. The minimum Gasteiger partial charge on any atom is -0.466 e. The van der Waals surface area contributed by atoms with Crippen LogP contribution >= 0.6 is 0 Å². The second-order valence-corrected chi connectivity index (χ2v) is 7.26. The molecule has 1 saturated heterocycles. The van der Waals surface area contributed by atoms with Crippen LogP contribution in [-0.4, -0.2) is 43.3 Å². The van der Waals surface area contributed by atoms with E-state index < -0.39 is 38.3 Å². The lowest BCUT2D eigenvalue weighted by atomic mass is 10.0. The van der Waals surface area contributed by atoms with E-state index in [-0.39, 0.29) is 24.6 Å². The highest BCUT2D eigenvalue weighted by molar-refractivity contribution is 7.89. The molecule has 0 radical (unpaired) electrons. The molecule has 1 atom stereocenters. The second-order valence-electron chi connectivity index (χ2n) is 5.32. The standard InChI is InChI=1S/C14H17FN2O6S/c1-2-23-14(18)10-4-3-7-16(9-10)24(21,22)11-5-6-12(15)13(8-11)17(19)20/h5-6,8,10H,2-4,7,9H2,1H3/t10-/m0/s1. The van der Waals surface area contributed by atoms with E-state index in [2.05, 4.69) is 0 Å². The minimum absolute atomic E-state index is 0.0632. The van der Waals surface area contributed by atoms with E-state index in [0.29, 0.717) is 18.9 Å². The molecule has 24 heavy (non-hydrogen) atoms. The van der Waals surface area contributed by atoms with Crippen molar-refractivity contribution in [1.29, 1.82) is 0 Å². The first-order chi connectivity index (χ1) is 11.3. The molecule has 1 aromatic carbocycles. The normalized spacial score (nSPS) is 19.0. The summed E-state index contributed by atoms with van der Waals surface area (Å²) in [6.45, 7) is 1.98. The maximum absolute atomic E-state index is 13.4. The molecular weight excluding hydrogens is 343 g/mol. The summed E-state index contributed by atoms with van der Waals surface area (Å²) >= 11 is 0. The molecule has 132 valence electrons. The molecule has 1 aliphatic heterocycles. The first kappa shape index (κ1) is 18.3. The van der Waals surface area contributed by atoms with E-state index >= 15 is 0 Å². The number of hydrogen-bond acceptors (Lipinski definition) is 6. The molecule has 0 aliphatic carbocycles. The second kappa shape index (κ2) is 7.22. The molecule has 1 aliphatic rings. The molecule has 0 amide bonds. The van der Waals surface area contributed by atoms with Crippen LogP contribution in [-0.2, 0) is 19.6 Å². The van der Waals surface area contributed by atoms with Crippen LogP contribution in [0.2, 0.25) is 0 Å². The van der Waals surface area contributed by atoms with E-state index in [1.165, 1.54) is 0 Å². The van der Waals surface area contributed by atoms with Crippen LogP contribution in [0.5, 0.6) is 0 Å². The predicted octanol–water partition coefficient (Wildman–Crippen LogP) is 1.70. The summed E-state index contributed by atoms with van der Waals surface area (Å²) < 4.78 is 44.6. The van der Waals surface area contributed by atoms with E-state index in [1.54, 1.807) is 6.92 Å². The number of carbonyl (C=O) groups is 1. The van der Waals surface area contributed by atoms with Crippen molar-refractivity contribution in [1.82, 2.24) is 4.31 Å². The summed E-state index contributed by atoms with van der Waals surface area (Å²) in [5, 5.41) is 10.8. The van der Waals surface area contributed by atoms with Gasteiger partial charge in [-0.1, -0.05) is 0 Å². The quantitative estimate of drug-likeness (QED) is 0.449. The van der Waals surface area contributed by atoms with E-state index in [1.807, 2.05) is 0 Å². The van der Waals surface area contributed by atoms with Gasteiger partial charge in [-0.2, -0.15) is 8.70 Å². The number of nitro groups is 1. The van der Waals surface area contributed by atoms with Crippen LogP contribution in [0, 0.1) is 21.8 Å². The summed E-state index contributed by atoms with van der Waals surface area (Å²) in [5.41, 5.74) is -0.907. The minimum atomic E-state index is -4.06. The van der Waals surface area contributed by atoms with Crippen molar-refractivity contribution in [3.63, 3.8) is 0 Å². The molecule has 0 aromatic heterocycles. The first-order valence-electron chi connectivity index (χ1n) is 7.38. The average Bonchev–Trinajstić information content (AvgIpc) is 2.55. The summed E-state index contributed by atoms with van der Waals surface area (Å²) in [6.07, 6.45) is 0.973. The van der Waals surface area contributed by atoms with Crippen LogP contribution < -0.4 is 0 Å². The van der Waals surface area contributed by atoms with Gasteiger partial charge in [0, 0.05) is 19.2 Å². The fraction of sp³-hybridized carbons (Fsp3) is 0.500. The lowest BCUT2D eigenvalue weighted by molar-refractivity contribution is -0.387. The van der Waals surface area contributed by atoms with Gasteiger partial charge in [-0.3, -0.25) is 14.9 Å². The Balaban J connectivity index is 2.28. The van der Waals surface area contributed by atoms with Crippen LogP contribution in [0.1, 0.15) is 19.8 Å². The first-order valence-corrected chi connectivity index (χ1v) is 8.82. The zero-order chi connectivity index (χ0) is 17.9. The summed E-state index contributed by atoms with van der Waals surface area (Å²) in [4.78, 5) is 21.2. The Morgan fingerprint density at radius 3 is 2.83 bits per heavy atom. The van der Waals surface area contributed by atoms with Gasteiger partial charge in [0.2, 0.25) is 15.8 Å². The van der Waals surface area contributed by atoms with Crippen molar-refractivity contribution in [3.05, 3.63) is 34.1 Å². The van der Waals surface area contributed by atoms with Crippen molar-refractivity contribution in [2.75, 3.05) is 19.7 Å². The molecule has 0 saturated carbocycles. The van der Waals surface area contributed by atoms with Crippen LogP contribution in [0.25, 0.3) is 0 Å². The Morgan fingerprint density at radius 1 is 1.50 bits per heavy atom. The molecule has 0 spiro atoms. The Hall–Kier alpha value is -2.07. The molecule has 1 aromatic rings. The van der Waals surface area contributed by atoms with Crippen LogP contribution in [0.4, 0.5) is 10.1 Å². The largest absolute Gasteiger partial charge is 0.466 e. The van der Waals surface area contributed by atoms with Crippen LogP contribution in [0.3, 0.4) is 0 Å². The van der Waals surface area contributed by atoms with Crippen molar-refractivity contribution >= 4 is 21.7 Å². The molecule has 8 nitrogen and oxygen atoms in total. The summed E-state index contributed by atoms with van der Waals surface area (Å²) in [7, 11) is -4.06. The number of hydrogen-bond donors (Lipinski definition) is 0. The van der Waals surface area contributed by atoms with E-state index in [4.69, 9.17) is 4.74 Å². The van der Waals surface area contributed by atoms with Crippen molar-refractivity contribution in [2.45, 2.75) is 24.7 Å². The van der Waals surface area contributed by atoms with Crippen molar-refractivity contribution in [2.24, 2.45) is 5.92 Å². The number of rotatable bonds is 5.